The summed E-state index contributed by atoms with van der Waals surface area (Å²) in [5.74, 6) is -0.00656. The van der Waals surface area contributed by atoms with Crippen molar-refractivity contribution in [3.05, 3.63) is 65.6 Å². The highest BCUT2D eigenvalue weighted by Gasteiger charge is 2.45. The Labute approximate surface area is 377 Å². The number of fused-ring (bicyclic) bond motifs is 1. The minimum absolute atomic E-state index is 0.0978. The Kier molecular flexibility index (Phi) is 12.7. The topological polar surface area (TPSA) is 215 Å². The van der Waals surface area contributed by atoms with Gasteiger partial charge in [0, 0.05) is 104 Å². The molecule has 5 aliphatic rings. The molecule has 20 nitrogen and oxygen atoms in total. The van der Waals surface area contributed by atoms with Crippen LogP contribution in [-0.4, -0.2) is 172 Å². The van der Waals surface area contributed by atoms with Gasteiger partial charge in [0.15, 0.2) is 23.1 Å². The summed E-state index contributed by atoms with van der Waals surface area (Å²) in [5.41, 5.74) is 3.53. The number of likely N-dealkylation sites (tertiary alicyclic amines) is 1. The number of hydrogen-bond acceptors (Lipinski definition) is 16. The molecular formula is C45H56N14O6. The monoisotopic (exact) mass is 888 g/mol. The van der Waals surface area contributed by atoms with Gasteiger partial charge in [0.25, 0.3) is 17.7 Å². The third-order valence-corrected chi connectivity index (χ3v) is 13.2. The zero-order chi connectivity index (χ0) is 45.2. The van der Waals surface area contributed by atoms with Crippen LogP contribution in [0.1, 0.15) is 63.3 Å². The van der Waals surface area contributed by atoms with Gasteiger partial charge in [0.2, 0.25) is 11.8 Å². The number of aryl methyl sites for hydroxylation is 1. The Morgan fingerprint density at radius 2 is 1.66 bits per heavy atom. The molecular weight excluding hydrogens is 833 g/mol. The van der Waals surface area contributed by atoms with Crippen molar-refractivity contribution in [3.8, 4) is 17.1 Å². The Morgan fingerprint density at radius 3 is 2.38 bits per heavy atom. The molecule has 1 atom stereocenters. The Morgan fingerprint density at radius 1 is 0.877 bits per heavy atom. The van der Waals surface area contributed by atoms with Crippen LogP contribution in [0, 0.1) is 5.92 Å². The van der Waals surface area contributed by atoms with Crippen molar-refractivity contribution in [2.24, 2.45) is 13.0 Å². The number of anilines is 4. The maximum absolute atomic E-state index is 13.4. The average Bonchev–Trinajstić information content (AvgIpc) is 3.85. The van der Waals surface area contributed by atoms with Gasteiger partial charge in [0.1, 0.15) is 12.4 Å². The lowest BCUT2D eigenvalue weighted by Gasteiger charge is -2.46. The lowest BCUT2D eigenvalue weighted by Crippen LogP contribution is -2.57. The Bertz CT molecular complexity index is 2460. The molecule has 0 saturated carbocycles. The maximum Gasteiger partial charge on any atom is 0.273 e. The fourth-order valence-corrected chi connectivity index (χ4v) is 9.81. The lowest BCUT2D eigenvalue weighted by molar-refractivity contribution is -0.136. The molecule has 4 aromatic rings. The molecule has 0 bridgehead atoms. The first kappa shape index (κ1) is 43.7. The molecule has 0 spiro atoms. The van der Waals surface area contributed by atoms with Crippen LogP contribution < -0.4 is 30.9 Å². The van der Waals surface area contributed by atoms with Gasteiger partial charge in [-0.05, 0) is 68.5 Å². The number of piperazine rings is 1. The van der Waals surface area contributed by atoms with Gasteiger partial charge in [-0.3, -0.25) is 43.8 Å². The molecule has 0 radical (unpaired) electrons. The summed E-state index contributed by atoms with van der Waals surface area (Å²) in [6.07, 6.45) is 4.86. The number of rotatable bonds is 15. The summed E-state index contributed by atoms with van der Waals surface area (Å²) in [6.45, 7) is 11.0. The number of imide groups is 2. The molecule has 4 fully saturated rings. The third-order valence-electron chi connectivity index (χ3n) is 13.2. The number of amides is 5. The molecule has 65 heavy (non-hydrogen) atoms. The van der Waals surface area contributed by atoms with Crippen LogP contribution in [-0.2, 0) is 16.6 Å². The van der Waals surface area contributed by atoms with Gasteiger partial charge < -0.3 is 35.4 Å². The van der Waals surface area contributed by atoms with Gasteiger partial charge >= 0.3 is 0 Å². The van der Waals surface area contributed by atoms with Crippen molar-refractivity contribution >= 4 is 52.4 Å². The predicted octanol–water partition coefficient (Wildman–Crippen LogP) is 1.81. The molecule has 5 amide bonds. The van der Waals surface area contributed by atoms with Gasteiger partial charge in [0.05, 0.1) is 35.2 Å². The summed E-state index contributed by atoms with van der Waals surface area (Å²) < 4.78 is 7.40. The molecule has 5 aliphatic heterocycles. The van der Waals surface area contributed by atoms with Gasteiger partial charge in [-0.1, -0.05) is 6.07 Å². The van der Waals surface area contributed by atoms with E-state index in [1.54, 1.807) is 50.4 Å². The van der Waals surface area contributed by atoms with E-state index < -0.39 is 23.8 Å². The number of piperidine rings is 2. The summed E-state index contributed by atoms with van der Waals surface area (Å²) in [6, 6.07) is 12.3. The molecule has 4 N–H and O–H groups in total. The lowest BCUT2D eigenvalue weighted by atomic mass is 9.98. The third kappa shape index (κ3) is 9.23. The van der Waals surface area contributed by atoms with E-state index in [2.05, 4.69) is 61.1 Å². The number of hydrogen-bond donors (Lipinski definition) is 4. The van der Waals surface area contributed by atoms with Crippen LogP contribution in [0.15, 0.2) is 48.8 Å². The molecule has 4 saturated heterocycles. The average molecular weight is 889 g/mol. The number of nitrogens with one attached hydrogen (secondary N) is 4. The normalized spacial score (nSPS) is 20.1. The maximum atomic E-state index is 13.4. The molecule has 9 rings (SSSR count). The number of aromatic nitrogens is 5. The number of carbonyl (C=O) groups is 5. The van der Waals surface area contributed by atoms with Crippen molar-refractivity contribution in [2.45, 2.75) is 44.2 Å². The fraction of sp³-hybridized carbons (Fsp3) is 0.489. The van der Waals surface area contributed by atoms with E-state index >= 15 is 0 Å². The van der Waals surface area contributed by atoms with E-state index in [4.69, 9.17) is 4.74 Å². The second-order valence-electron chi connectivity index (χ2n) is 17.5. The van der Waals surface area contributed by atoms with Crippen molar-refractivity contribution in [1.29, 1.82) is 0 Å². The number of carbonyl (C=O) groups excluding carboxylic acids is 5. The number of nitrogens with zero attached hydrogens (tertiary/aromatic N) is 10. The van der Waals surface area contributed by atoms with Crippen LogP contribution in [0.25, 0.3) is 11.4 Å². The van der Waals surface area contributed by atoms with Crippen LogP contribution in [0.5, 0.6) is 5.75 Å². The van der Waals surface area contributed by atoms with E-state index in [1.807, 2.05) is 24.3 Å². The zero-order valence-corrected chi connectivity index (χ0v) is 37.1. The quantitative estimate of drug-likeness (QED) is 0.0990. The summed E-state index contributed by atoms with van der Waals surface area (Å²) in [5, 5.41) is 24.6. The van der Waals surface area contributed by atoms with E-state index in [0.717, 1.165) is 95.3 Å². The van der Waals surface area contributed by atoms with E-state index in [1.165, 1.54) is 0 Å². The highest BCUT2D eigenvalue weighted by molar-refractivity contribution is 6.23. The molecule has 2 aromatic heterocycles. The van der Waals surface area contributed by atoms with Crippen molar-refractivity contribution in [1.82, 2.24) is 55.2 Å². The van der Waals surface area contributed by atoms with E-state index in [-0.39, 0.29) is 30.3 Å². The summed E-state index contributed by atoms with van der Waals surface area (Å²) in [4.78, 5) is 78.8. The highest BCUT2D eigenvalue weighted by atomic mass is 16.5. The standard InChI is InChI=1S/C45H56N14O6/c1-46-43(62)39-35(49-34-7-4-6-32(40(34)65-3)41-48-27-54(2)53-41)23-37(51-52-39)47-14-5-15-56-25-28(26-56)24-55-18-20-58(21-19-55)29-12-16-57(17-13-29)30-8-9-31-33(22-30)45(64)59(44(31)63)36-10-11-38(60)50-42(36)61/h4,6-9,22-23,27-29,36H,5,10-21,24-26H2,1-3H3,(H,46,62)(H2,47,49,51)(H,50,60,61). The molecule has 7 heterocycles. The van der Waals surface area contributed by atoms with E-state index in [9.17, 15) is 24.0 Å². The van der Waals surface area contributed by atoms with Crippen LogP contribution in [0.2, 0.25) is 0 Å². The Hall–Kier alpha value is -6.51. The molecule has 20 heteroatoms. The number of para-hydroxylation sites is 1. The van der Waals surface area contributed by atoms with Crippen LogP contribution in [0.4, 0.5) is 22.9 Å². The summed E-state index contributed by atoms with van der Waals surface area (Å²) >= 11 is 0. The second kappa shape index (κ2) is 18.9. The first-order valence-electron chi connectivity index (χ1n) is 22.5. The van der Waals surface area contributed by atoms with E-state index in [0.29, 0.717) is 64.0 Å². The van der Waals surface area contributed by atoms with Crippen LogP contribution >= 0.6 is 0 Å². The van der Waals surface area contributed by atoms with Gasteiger partial charge in [-0.2, -0.15) is 5.10 Å². The Balaban J connectivity index is 0.687. The van der Waals surface area contributed by atoms with Crippen LogP contribution in [0.3, 0.4) is 0 Å². The summed E-state index contributed by atoms with van der Waals surface area (Å²) in [7, 11) is 4.94. The zero-order valence-electron chi connectivity index (χ0n) is 37.1. The number of methoxy groups -OCH3 is 1. The molecule has 2 aromatic carbocycles. The number of ether oxygens (including phenoxy) is 1. The largest absolute Gasteiger partial charge is 0.494 e. The SMILES string of the molecule is CNC(=O)c1nnc(NCCCN2CC(CN3CCN(C4CCN(c5ccc6c(c5)C(=O)N(C5CCC(=O)NC5=O)C6=O)CC4)CC3)C2)cc1Nc1cccc(-c2ncn(C)n2)c1OC. The highest BCUT2D eigenvalue weighted by Crippen LogP contribution is 2.37. The van der Waals surface area contributed by atoms with Gasteiger partial charge in [-0.15, -0.1) is 10.2 Å². The minimum atomic E-state index is -0.965. The predicted molar refractivity (Wildman–Crippen MR) is 241 cm³/mol. The second-order valence-corrected chi connectivity index (χ2v) is 17.5. The minimum Gasteiger partial charge on any atom is -0.494 e. The number of benzene rings is 2. The first-order valence-corrected chi connectivity index (χ1v) is 22.5. The van der Waals surface area contributed by atoms with Gasteiger partial charge in [-0.25, -0.2) is 4.98 Å². The fourth-order valence-electron chi connectivity index (χ4n) is 9.81. The molecule has 1 unspecified atom stereocenters. The molecule has 0 aliphatic carbocycles. The smallest absolute Gasteiger partial charge is 0.273 e. The van der Waals surface area contributed by atoms with Crippen molar-refractivity contribution < 1.29 is 28.7 Å². The molecule has 342 valence electrons. The van der Waals surface area contributed by atoms with Crippen molar-refractivity contribution in [2.75, 3.05) is 102 Å². The first-order chi connectivity index (χ1) is 31.6. The van der Waals surface area contributed by atoms with Crippen molar-refractivity contribution in [3.63, 3.8) is 0 Å².